The molecule has 1 aromatic carbocycles. The molecule has 0 aliphatic carbocycles. The zero-order valence-corrected chi connectivity index (χ0v) is 12.3. The number of rotatable bonds is 4. The Hall–Kier alpha value is -2.15. The van der Waals surface area contributed by atoms with Gasteiger partial charge in [0.25, 0.3) is 0 Å². The highest BCUT2D eigenvalue weighted by molar-refractivity contribution is 8.13. The van der Waals surface area contributed by atoms with Gasteiger partial charge in [-0.15, -0.1) is 0 Å². The van der Waals surface area contributed by atoms with Crippen LogP contribution in [-0.4, -0.2) is 20.6 Å². The lowest BCUT2D eigenvalue weighted by Gasteiger charge is -2.08. The van der Waals surface area contributed by atoms with E-state index in [0.717, 1.165) is 11.8 Å². The van der Waals surface area contributed by atoms with Gasteiger partial charge in [-0.3, -0.25) is 9.59 Å². The number of ether oxygens (including phenoxy) is 1. The Kier molecular flexibility index (Phi) is 4.74. The van der Waals surface area contributed by atoms with Crippen LogP contribution in [0.25, 0.3) is 0 Å². The lowest BCUT2D eigenvalue weighted by atomic mass is 10.2. The highest BCUT2D eigenvalue weighted by atomic mass is 32.2. The van der Waals surface area contributed by atoms with Crippen LogP contribution >= 0.6 is 11.8 Å². The molecule has 7 heteroatoms. The fourth-order valence-corrected chi connectivity index (χ4v) is 2.34. The molecule has 0 fully saturated rings. The van der Waals surface area contributed by atoms with Gasteiger partial charge in [-0.2, -0.15) is 0 Å². The molecule has 0 amide bonds. The van der Waals surface area contributed by atoms with Gasteiger partial charge in [-0.25, -0.2) is 9.37 Å². The van der Waals surface area contributed by atoms with Crippen LogP contribution in [0.4, 0.5) is 4.39 Å². The summed E-state index contributed by atoms with van der Waals surface area (Å²) in [6.45, 7) is 3.04. The molecule has 0 saturated carbocycles. The zero-order chi connectivity index (χ0) is 15.4. The topological polar surface area (TPSA) is 61.2 Å². The summed E-state index contributed by atoms with van der Waals surface area (Å²) in [6.07, 6.45) is 3.29. The van der Waals surface area contributed by atoms with Crippen LogP contribution in [0.5, 0.6) is 5.75 Å². The van der Waals surface area contributed by atoms with Gasteiger partial charge in [-0.1, -0.05) is 6.07 Å². The van der Waals surface area contributed by atoms with Gasteiger partial charge in [0.1, 0.15) is 0 Å². The van der Waals surface area contributed by atoms with Crippen LogP contribution in [-0.2, 0) is 16.1 Å². The van der Waals surface area contributed by atoms with Gasteiger partial charge in [0.2, 0.25) is 0 Å². The number of imidazole rings is 1. The summed E-state index contributed by atoms with van der Waals surface area (Å²) in [7, 11) is 0. The predicted octanol–water partition coefficient (Wildman–Crippen LogP) is 2.63. The summed E-state index contributed by atoms with van der Waals surface area (Å²) in [6, 6.07) is 4.35. The van der Waals surface area contributed by atoms with Crippen LogP contribution in [0.2, 0.25) is 0 Å². The summed E-state index contributed by atoms with van der Waals surface area (Å²) in [5.74, 6) is -1.28. The molecular formula is C14H13FN2O3S. The fraction of sp³-hybridized carbons (Fsp3) is 0.214. The van der Waals surface area contributed by atoms with E-state index in [0.29, 0.717) is 17.3 Å². The Morgan fingerprint density at radius 3 is 2.76 bits per heavy atom. The maximum atomic E-state index is 13.8. The zero-order valence-electron chi connectivity index (χ0n) is 11.5. The van der Waals surface area contributed by atoms with E-state index in [1.807, 2.05) is 0 Å². The monoisotopic (exact) mass is 308 g/mol. The van der Waals surface area contributed by atoms with Crippen molar-refractivity contribution in [1.82, 2.24) is 9.55 Å². The maximum absolute atomic E-state index is 13.8. The molecule has 1 aromatic heterocycles. The average molecular weight is 308 g/mol. The SMILES string of the molecule is CC(=O)Oc1ccc(Cn2ccnc2SC(C)=O)cc1F. The third-order valence-electron chi connectivity index (χ3n) is 2.52. The van der Waals surface area contributed by atoms with Gasteiger partial charge >= 0.3 is 5.97 Å². The highest BCUT2D eigenvalue weighted by Gasteiger charge is 2.10. The second-order valence-electron chi connectivity index (χ2n) is 4.29. The van der Waals surface area contributed by atoms with Gasteiger partial charge in [-0.05, 0) is 29.5 Å². The van der Waals surface area contributed by atoms with E-state index in [9.17, 15) is 14.0 Å². The minimum atomic E-state index is -0.608. The normalized spacial score (nSPS) is 10.4. The van der Waals surface area contributed by atoms with E-state index < -0.39 is 11.8 Å². The van der Waals surface area contributed by atoms with Crippen molar-refractivity contribution in [3.63, 3.8) is 0 Å². The molecular weight excluding hydrogens is 295 g/mol. The predicted molar refractivity (Wildman–Crippen MR) is 75.6 cm³/mol. The van der Waals surface area contributed by atoms with Gasteiger partial charge in [0, 0.05) is 32.8 Å². The lowest BCUT2D eigenvalue weighted by Crippen LogP contribution is -2.05. The number of hydrogen-bond donors (Lipinski definition) is 0. The van der Waals surface area contributed by atoms with E-state index in [1.165, 1.54) is 26.0 Å². The van der Waals surface area contributed by atoms with E-state index in [-0.39, 0.29) is 10.9 Å². The molecule has 21 heavy (non-hydrogen) atoms. The molecule has 0 saturated heterocycles. The lowest BCUT2D eigenvalue weighted by molar-refractivity contribution is -0.132. The number of esters is 1. The van der Waals surface area contributed by atoms with Crippen molar-refractivity contribution in [2.75, 3.05) is 0 Å². The fourth-order valence-electron chi connectivity index (χ4n) is 1.73. The van der Waals surface area contributed by atoms with Crippen molar-refractivity contribution in [1.29, 1.82) is 0 Å². The Labute approximate surface area is 125 Å². The average Bonchev–Trinajstić information content (AvgIpc) is 2.79. The van der Waals surface area contributed by atoms with Crippen molar-refractivity contribution in [2.24, 2.45) is 0 Å². The molecule has 0 radical (unpaired) electrons. The van der Waals surface area contributed by atoms with Crippen LogP contribution in [0.15, 0.2) is 35.7 Å². The first-order chi connectivity index (χ1) is 9.95. The largest absolute Gasteiger partial charge is 0.424 e. The molecule has 2 aromatic rings. The Morgan fingerprint density at radius 1 is 1.38 bits per heavy atom. The molecule has 0 aliphatic rings. The third-order valence-corrected chi connectivity index (χ3v) is 3.33. The van der Waals surface area contributed by atoms with Crippen molar-refractivity contribution < 1.29 is 18.7 Å². The Morgan fingerprint density at radius 2 is 2.14 bits per heavy atom. The van der Waals surface area contributed by atoms with Crippen molar-refractivity contribution in [2.45, 2.75) is 25.5 Å². The van der Waals surface area contributed by atoms with E-state index in [2.05, 4.69) is 4.98 Å². The van der Waals surface area contributed by atoms with Crippen molar-refractivity contribution in [3.8, 4) is 5.75 Å². The number of nitrogens with zero attached hydrogens (tertiary/aromatic N) is 2. The summed E-state index contributed by atoms with van der Waals surface area (Å²) in [5, 5.41) is 0.478. The molecule has 0 bridgehead atoms. The van der Waals surface area contributed by atoms with Crippen molar-refractivity contribution >= 4 is 22.8 Å². The maximum Gasteiger partial charge on any atom is 0.308 e. The van der Waals surface area contributed by atoms with Crippen molar-refractivity contribution in [3.05, 3.63) is 42.0 Å². The van der Waals surface area contributed by atoms with E-state index >= 15 is 0 Å². The molecule has 0 atom stereocenters. The number of thioether (sulfide) groups is 1. The molecule has 5 nitrogen and oxygen atoms in total. The van der Waals surface area contributed by atoms with Gasteiger partial charge in [0.05, 0.1) is 0 Å². The first kappa shape index (κ1) is 15.2. The number of aromatic nitrogens is 2. The first-order valence-corrected chi connectivity index (χ1v) is 6.93. The van der Waals surface area contributed by atoms with E-state index in [4.69, 9.17) is 4.74 Å². The smallest absolute Gasteiger partial charge is 0.308 e. The Bertz CT molecular complexity index is 685. The molecule has 110 valence electrons. The van der Waals surface area contributed by atoms with Gasteiger partial charge < -0.3 is 9.30 Å². The van der Waals surface area contributed by atoms with Crippen LogP contribution in [0.3, 0.4) is 0 Å². The second kappa shape index (κ2) is 6.53. The third kappa shape index (κ3) is 4.16. The molecule has 0 spiro atoms. The summed E-state index contributed by atoms with van der Waals surface area (Å²) in [4.78, 5) is 26.0. The molecule has 0 N–H and O–H groups in total. The minimum absolute atomic E-state index is 0.0705. The quantitative estimate of drug-likeness (QED) is 0.493. The second-order valence-corrected chi connectivity index (χ2v) is 5.43. The van der Waals surface area contributed by atoms with E-state index in [1.54, 1.807) is 23.0 Å². The Balaban J connectivity index is 2.17. The molecule has 2 rings (SSSR count). The molecule has 1 heterocycles. The van der Waals surface area contributed by atoms with Crippen LogP contribution < -0.4 is 4.74 Å². The highest BCUT2D eigenvalue weighted by Crippen LogP contribution is 2.21. The number of hydrogen-bond acceptors (Lipinski definition) is 5. The standard InChI is InChI=1S/C14H13FN2O3S/c1-9(18)20-13-4-3-11(7-12(13)15)8-17-6-5-16-14(17)21-10(2)19/h3-7H,8H2,1-2H3. The number of benzene rings is 1. The number of halogens is 1. The first-order valence-electron chi connectivity index (χ1n) is 6.12. The van der Waals surface area contributed by atoms with Crippen LogP contribution in [0, 0.1) is 5.82 Å². The van der Waals surface area contributed by atoms with Gasteiger partial charge in [0.15, 0.2) is 21.8 Å². The van der Waals surface area contributed by atoms with Crippen LogP contribution in [0.1, 0.15) is 19.4 Å². The summed E-state index contributed by atoms with van der Waals surface area (Å²) in [5.41, 5.74) is 0.673. The summed E-state index contributed by atoms with van der Waals surface area (Å²) < 4.78 is 20.3. The number of carbonyl (C=O) groups excluding carboxylic acids is 2. The molecule has 0 unspecified atom stereocenters. The molecule has 0 aliphatic heterocycles. The summed E-state index contributed by atoms with van der Waals surface area (Å²) >= 11 is 1.02. The minimum Gasteiger partial charge on any atom is -0.424 e. The number of carbonyl (C=O) groups is 2.